The fourth-order valence-electron chi connectivity index (χ4n) is 2.60. The molecule has 6 nitrogen and oxygen atoms in total. The van der Waals surface area contributed by atoms with Gasteiger partial charge >= 0.3 is 5.97 Å². The van der Waals surface area contributed by atoms with Crippen LogP contribution in [0.5, 0.6) is 0 Å². The number of carboxylic acids is 1. The number of nitrogens with zero attached hydrogens (tertiary/aromatic N) is 2. The van der Waals surface area contributed by atoms with Gasteiger partial charge in [0.2, 0.25) is 11.7 Å². The van der Waals surface area contributed by atoms with Crippen LogP contribution < -0.4 is 0 Å². The van der Waals surface area contributed by atoms with Crippen molar-refractivity contribution in [2.75, 3.05) is 6.61 Å². The van der Waals surface area contributed by atoms with Crippen molar-refractivity contribution in [2.45, 2.75) is 51.6 Å². The smallest absolute Gasteiger partial charge is 0.307 e. The Balaban J connectivity index is 2.26. The minimum absolute atomic E-state index is 0.267. The number of carboxylic acid groups (broad SMARTS) is 1. The fraction of sp³-hybridized carbons (Fsp3) is 0.667. The number of aromatic nitrogens is 2. The van der Waals surface area contributed by atoms with Crippen molar-refractivity contribution in [1.82, 2.24) is 10.1 Å². The molecule has 0 saturated carbocycles. The molecule has 3 atom stereocenters. The zero-order valence-corrected chi connectivity index (χ0v) is 12.7. The van der Waals surface area contributed by atoms with E-state index in [0.717, 1.165) is 0 Å². The summed E-state index contributed by atoms with van der Waals surface area (Å²) in [7, 11) is 0. The standard InChI is InChI=1S/C15H22N2O4/c1-4-15(3,20-5-2)14-16-12(21-17-14)10-8-6-7-9-11(10)13(18)19/h6-7,10-11H,4-5,8-9H2,1-3H3,(H,18,19). The van der Waals surface area contributed by atoms with E-state index >= 15 is 0 Å². The molecule has 0 saturated heterocycles. The molecule has 0 radical (unpaired) electrons. The average Bonchev–Trinajstić information content (AvgIpc) is 2.97. The summed E-state index contributed by atoms with van der Waals surface area (Å²) in [4.78, 5) is 15.8. The molecule has 0 aromatic carbocycles. The third-order valence-electron chi connectivity index (χ3n) is 4.12. The largest absolute Gasteiger partial charge is 0.481 e. The monoisotopic (exact) mass is 294 g/mol. The third kappa shape index (κ3) is 3.15. The lowest BCUT2D eigenvalue weighted by Gasteiger charge is -2.24. The summed E-state index contributed by atoms with van der Waals surface area (Å²) in [5.74, 6) is -0.728. The van der Waals surface area contributed by atoms with Crippen LogP contribution in [0.4, 0.5) is 0 Å². The molecule has 0 bridgehead atoms. The molecule has 2 rings (SSSR count). The van der Waals surface area contributed by atoms with Crippen LogP contribution in [0, 0.1) is 5.92 Å². The first-order valence-electron chi connectivity index (χ1n) is 7.37. The van der Waals surface area contributed by atoms with E-state index in [4.69, 9.17) is 9.26 Å². The second-order valence-electron chi connectivity index (χ2n) is 5.47. The minimum atomic E-state index is -0.827. The molecule has 1 heterocycles. The second kappa shape index (κ2) is 6.39. The van der Waals surface area contributed by atoms with E-state index < -0.39 is 17.5 Å². The lowest BCUT2D eigenvalue weighted by molar-refractivity contribution is -0.142. The third-order valence-corrected chi connectivity index (χ3v) is 4.12. The van der Waals surface area contributed by atoms with Gasteiger partial charge in [-0.15, -0.1) is 0 Å². The molecule has 1 aliphatic rings. The lowest BCUT2D eigenvalue weighted by Crippen LogP contribution is -2.27. The van der Waals surface area contributed by atoms with E-state index in [1.807, 2.05) is 32.9 Å². The number of hydrogen-bond acceptors (Lipinski definition) is 5. The summed E-state index contributed by atoms with van der Waals surface area (Å²) >= 11 is 0. The normalized spacial score (nSPS) is 24.7. The number of aliphatic carboxylic acids is 1. The van der Waals surface area contributed by atoms with Crippen molar-refractivity contribution in [3.05, 3.63) is 23.9 Å². The quantitative estimate of drug-likeness (QED) is 0.812. The van der Waals surface area contributed by atoms with Gasteiger partial charge in [-0.25, -0.2) is 0 Å². The predicted octanol–water partition coefficient (Wildman–Crippen LogP) is 2.87. The Kier molecular flexibility index (Phi) is 4.77. The summed E-state index contributed by atoms with van der Waals surface area (Å²) in [6.45, 7) is 6.38. The molecule has 0 aliphatic heterocycles. The first kappa shape index (κ1) is 15.7. The summed E-state index contributed by atoms with van der Waals surface area (Å²) in [6, 6.07) is 0. The predicted molar refractivity (Wildman–Crippen MR) is 75.8 cm³/mol. The highest BCUT2D eigenvalue weighted by Gasteiger charge is 2.37. The Hall–Kier alpha value is -1.69. The molecule has 0 amide bonds. The lowest BCUT2D eigenvalue weighted by atomic mass is 9.83. The van der Waals surface area contributed by atoms with Crippen LogP contribution in [-0.2, 0) is 15.1 Å². The summed E-state index contributed by atoms with van der Waals surface area (Å²) in [6.07, 6.45) is 5.68. The molecule has 1 aromatic heterocycles. The van der Waals surface area contributed by atoms with Crippen LogP contribution in [0.15, 0.2) is 16.7 Å². The molecular formula is C15H22N2O4. The number of allylic oxidation sites excluding steroid dienone is 2. The highest BCUT2D eigenvalue weighted by Crippen LogP contribution is 2.35. The van der Waals surface area contributed by atoms with Crippen LogP contribution in [0.2, 0.25) is 0 Å². The van der Waals surface area contributed by atoms with Gasteiger partial charge in [-0.1, -0.05) is 24.2 Å². The average molecular weight is 294 g/mol. The Bertz CT molecular complexity index is 525. The highest BCUT2D eigenvalue weighted by molar-refractivity contribution is 5.71. The van der Waals surface area contributed by atoms with Crippen molar-refractivity contribution in [1.29, 1.82) is 0 Å². The van der Waals surface area contributed by atoms with Crippen LogP contribution in [0.1, 0.15) is 57.7 Å². The van der Waals surface area contributed by atoms with Gasteiger partial charge in [0.05, 0.1) is 11.8 Å². The number of carbonyl (C=O) groups is 1. The van der Waals surface area contributed by atoms with Gasteiger partial charge in [0.25, 0.3) is 0 Å². The molecular weight excluding hydrogens is 272 g/mol. The Morgan fingerprint density at radius 3 is 2.81 bits per heavy atom. The van der Waals surface area contributed by atoms with E-state index in [0.29, 0.717) is 37.6 Å². The highest BCUT2D eigenvalue weighted by atomic mass is 16.5. The van der Waals surface area contributed by atoms with Crippen LogP contribution >= 0.6 is 0 Å². The zero-order chi connectivity index (χ0) is 15.5. The first-order valence-corrected chi connectivity index (χ1v) is 7.37. The summed E-state index contributed by atoms with van der Waals surface area (Å²) < 4.78 is 11.1. The molecule has 21 heavy (non-hydrogen) atoms. The number of rotatable bonds is 6. The zero-order valence-electron chi connectivity index (χ0n) is 12.7. The van der Waals surface area contributed by atoms with Gasteiger partial charge < -0.3 is 14.4 Å². The molecule has 3 unspecified atom stereocenters. The Labute approximate surface area is 124 Å². The van der Waals surface area contributed by atoms with Gasteiger partial charge in [0.15, 0.2) is 0 Å². The minimum Gasteiger partial charge on any atom is -0.481 e. The Morgan fingerprint density at radius 2 is 2.19 bits per heavy atom. The molecule has 0 fully saturated rings. The van der Waals surface area contributed by atoms with Gasteiger partial charge in [-0.05, 0) is 33.1 Å². The topological polar surface area (TPSA) is 85.5 Å². The van der Waals surface area contributed by atoms with Crippen molar-refractivity contribution in [2.24, 2.45) is 5.92 Å². The molecule has 1 N–H and O–H groups in total. The van der Waals surface area contributed by atoms with Crippen molar-refractivity contribution in [3.8, 4) is 0 Å². The maximum Gasteiger partial charge on any atom is 0.307 e. The second-order valence-corrected chi connectivity index (χ2v) is 5.47. The Morgan fingerprint density at radius 1 is 1.48 bits per heavy atom. The molecule has 0 spiro atoms. The summed E-state index contributed by atoms with van der Waals surface area (Å²) in [5.41, 5.74) is -0.597. The van der Waals surface area contributed by atoms with E-state index in [1.54, 1.807) is 0 Å². The van der Waals surface area contributed by atoms with Crippen molar-refractivity contribution in [3.63, 3.8) is 0 Å². The van der Waals surface area contributed by atoms with Crippen molar-refractivity contribution >= 4 is 5.97 Å². The van der Waals surface area contributed by atoms with Gasteiger partial charge in [-0.2, -0.15) is 4.98 Å². The van der Waals surface area contributed by atoms with E-state index in [-0.39, 0.29) is 5.92 Å². The van der Waals surface area contributed by atoms with E-state index in [9.17, 15) is 9.90 Å². The SMILES string of the molecule is CCOC(C)(CC)c1noc(C2CC=CCC2C(=O)O)n1. The summed E-state index contributed by atoms with van der Waals surface area (Å²) in [5, 5.41) is 13.3. The van der Waals surface area contributed by atoms with Gasteiger partial charge in [0.1, 0.15) is 5.60 Å². The number of ether oxygens (including phenoxy) is 1. The molecule has 1 aromatic rings. The van der Waals surface area contributed by atoms with Crippen molar-refractivity contribution < 1.29 is 19.2 Å². The van der Waals surface area contributed by atoms with Crippen LogP contribution in [0.25, 0.3) is 0 Å². The van der Waals surface area contributed by atoms with Gasteiger partial charge in [-0.3, -0.25) is 4.79 Å². The van der Waals surface area contributed by atoms with E-state index in [2.05, 4.69) is 10.1 Å². The molecule has 1 aliphatic carbocycles. The van der Waals surface area contributed by atoms with E-state index in [1.165, 1.54) is 0 Å². The molecule has 6 heteroatoms. The number of hydrogen-bond donors (Lipinski definition) is 1. The maximum absolute atomic E-state index is 11.4. The fourth-order valence-corrected chi connectivity index (χ4v) is 2.60. The van der Waals surface area contributed by atoms with Crippen LogP contribution in [0.3, 0.4) is 0 Å². The molecule has 116 valence electrons. The first-order chi connectivity index (χ1) is 10.0. The van der Waals surface area contributed by atoms with Crippen LogP contribution in [-0.4, -0.2) is 27.8 Å². The van der Waals surface area contributed by atoms with Gasteiger partial charge in [0, 0.05) is 6.61 Å². The maximum atomic E-state index is 11.4.